The zero-order chi connectivity index (χ0) is 20.7. The summed E-state index contributed by atoms with van der Waals surface area (Å²) in [5, 5.41) is 0. The smallest absolute Gasteiger partial charge is 0.312 e. The van der Waals surface area contributed by atoms with E-state index in [-0.39, 0.29) is 35.9 Å². The van der Waals surface area contributed by atoms with E-state index in [0.29, 0.717) is 18.4 Å². The minimum atomic E-state index is -4.62. The standard InChI is InChI=1S/C19H23F4N5/c1-12-8-15(27-18(26-11-24)28-25-2)10-16(19(21,22)23)17(12)13-6-4-3-5-7-14(20)9-13/h5-7,9-10,25H,3-4,8,11,24H2,1-2H3,(H,26,28). The van der Waals surface area contributed by atoms with Gasteiger partial charge in [0.25, 0.3) is 0 Å². The summed E-state index contributed by atoms with van der Waals surface area (Å²) in [6, 6.07) is 0. The van der Waals surface area contributed by atoms with Crippen LogP contribution < -0.4 is 16.6 Å². The summed E-state index contributed by atoms with van der Waals surface area (Å²) < 4.78 is 55.4. The van der Waals surface area contributed by atoms with E-state index in [2.05, 4.69) is 20.8 Å². The van der Waals surface area contributed by atoms with Gasteiger partial charge in [-0.3, -0.25) is 5.43 Å². The first kappa shape index (κ1) is 21.8. The average molecular weight is 397 g/mol. The fourth-order valence-corrected chi connectivity index (χ4v) is 2.97. The number of guanidine groups is 1. The Bertz CT molecular complexity index is 811. The van der Waals surface area contributed by atoms with Crippen LogP contribution in [0.4, 0.5) is 17.6 Å². The Kier molecular flexibility index (Phi) is 7.47. The molecule has 0 saturated carbocycles. The summed E-state index contributed by atoms with van der Waals surface area (Å²) in [6.07, 6.45) is 3.31. The maximum atomic E-state index is 13.9. The maximum Gasteiger partial charge on any atom is 0.417 e. The van der Waals surface area contributed by atoms with Gasteiger partial charge in [0.05, 0.1) is 12.2 Å². The van der Waals surface area contributed by atoms with Crippen molar-refractivity contribution in [3.05, 3.63) is 58.5 Å². The molecule has 0 aromatic rings. The van der Waals surface area contributed by atoms with Crippen molar-refractivity contribution in [2.24, 2.45) is 15.7 Å². The molecule has 0 fully saturated rings. The van der Waals surface area contributed by atoms with E-state index in [1.807, 2.05) is 0 Å². The lowest BCUT2D eigenvalue weighted by Crippen LogP contribution is -2.34. The molecule has 0 unspecified atom stereocenters. The third-order valence-electron chi connectivity index (χ3n) is 4.04. The number of hydrogen-bond donors (Lipinski definition) is 3. The summed E-state index contributed by atoms with van der Waals surface area (Å²) in [5.74, 6) is -0.502. The number of alkyl halides is 3. The van der Waals surface area contributed by atoms with Crippen LogP contribution in [0.5, 0.6) is 0 Å². The molecular weight excluding hydrogens is 374 g/mol. The molecule has 0 atom stereocenters. The van der Waals surface area contributed by atoms with Crippen molar-refractivity contribution in [3.63, 3.8) is 0 Å². The molecule has 2 aliphatic rings. The van der Waals surface area contributed by atoms with Gasteiger partial charge in [-0.1, -0.05) is 17.7 Å². The second-order valence-electron chi connectivity index (χ2n) is 6.20. The molecule has 2 aliphatic carbocycles. The Morgan fingerprint density at radius 2 is 2.00 bits per heavy atom. The number of hydrogen-bond acceptors (Lipinski definition) is 3. The van der Waals surface area contributed by atoms with Gasteiger partial charge in [0, 0.05) is 19.2 Å². The van der Waals surface area contributed by atoms with Crippen LogP contribution in [-0.2, 0) is 0 Å². The molecule has 0 bridgehead atoms. The third-order valence-corrected chi connectivity index (χ3v) is 4.04. The molecule has 5 nitrogen and oxygen atoms in total. The van der Waals surface area contributed by atoms with Gasteiger partial charge in [-0.25, -0.2) is 19.8 Å². The van der Waals surface area contributed by atoms with Crippen LogP contribution in [-0.4, -0.2) is 31.6 Å². The fourth-order valence-electron chi connectivity index (χ4n) is 2.97. The second kappa shape index (κ2) is 9.61. The van der Waals surface area contributed by atoms with E-state index in [9.17, 15) is 17.6 Å². The number of nitrogens with zero attached hydrogens (tertiary/aromatic N) is 2. The number of allylic oxidation sites excluding steroid dienone is 10. The van der Waals surface area contributed by atoms with Gasteiger partial charge in [-0.05, 0) is 49.1 Å². The van der Waals surface area contributed by atoms with E-state index in [1.54, 1.807) is 26.1 Å². The van der Waals surface area contributed by atoms with E-state index in [1.165, 1.54) is 6.08 Å². The summed E-state index contributed by atoms with van der Waals surface area (Å²) in [6.45, 7) is 1.53. The van der Waals surface area contributed by atoms with E-state index in [0.717, 1.165) is 12.2 Å². The minimum absolute atomic E-state index is 0.00390. The molecule has 0 aromatic carbocycles. The van der Waals surface area contributed by atoms with Crippen molar-refractivity contribution >= 4 is 11.7 Å². The quantitative estimate of drug-likeness (QED) is 0.294. The average Bonchev–Trinajstić information content (AvgIpc) is 2.57. The molecule has 0 aromatic heterocycles. The monoisotopic (exact) mass is 397 g/mol. The van der Waals surface area contributed by atoms with Gasteiger partial charge in [0.15, 0.2) is 0 Å². The van der Waals surface area contributed by atoms with E-state index < -0.39 is 17.6 Å². The molecule has 0 spiro atoms. The van der Waals surface area contributed by atoms with Crippen molar-refractivity contribution in [2.75, 3.05) is 13.7 Å². The minimum Gasteiger partial charge on any atom is -0.312 e. The number of hydrazine groups is 1. The Morgan fingerprint density at radius 1 is 1.25 bits per heavy atom. The van der Waals surface area contributed by atoms with Crippen LogP contribution >= 0.6 is 0 Å². The van der Waals surface area contributed by atoms with E-state index >= 15 is 0 Å². The highest BCUT2D eigenvalue weighted by Crippen LogP contribution is 2.41. The molecule has 9 heteroatoms. The molecule has 0 saturated heterocycles. The third kappa shape index (κ3) is 5.74. The molecule has 4 N–H and O–H groups in total. The maximum absolute atomic E-state index is 13.9. The highest BCUT2D eigenvalue weighted by Gasteiger charge is 2.39. The molecule has 0 heterocycles. The van der Waals surface area contributed by atoms with Gasteiger partial charge in [-0.2, -0.15) is 13.2 Å². The molecule has 2 rings (SSSR count). The molecule has 152 valence electrons. The van der Waals surface area contributed by atoms with Gasteiger partial charge >= 0.3 is 6.18 Å². The first-order valence-electron chi connectivity index (χ1n) is 8.74. The summed E-state index contributed by atoms with van der Waals surface area (Å²) in [7, 11) is 1.57. The SMILES string of the molecule is CNNC(N=C1C=C(C(F)(F)F)C(C2=CCCC=CC(F)=C2)=C(C)C1)=NCN. The highest BCUT2D eigenvalue weighted by atomic mass is 19.4. The first-order chi connectivity index (χ1) is 13.3. The van der Waals surface area contributed by atoms with Crippen molar-refractivity contribution < 1.29 is 17.6 Å². The zero-order valence-electron chi connectivity index (χ0n) is 15.7. The summed E-state index contributed by atoms with van der Waals surface area (Å²) in [4.78, 5) is 8.03. The first-order valence-corrected chi connectivity index (χ1v) is 8.74. The number of nitrogens with one attached hydrogen (secondary N) is 2. The van der Waals surface area contributed by atoms with Crippen LogP contribution in [0.15, 0.2) is 68.5 Å². The van der Waals surface area contributed by atoms with Crippen LogP contribution in [0.25, 0.3) is 0 Å². The normalized spacial score (nSPS) is 20.5. The number of nitrogens with two attached hydrogens (primary N) is 1. The predicted molar refractivity (Wildman–Crippen MR) is 103 cm³/mol. The lowest BCUT2D eigenvalue weighted by molar-refractivity contribution is -0.0891. The zero-order valence-corrected chi connectivity index (χ0v) is 15.7. The Morgan fingerprint density at radius 3 is 2.64 bits per heavy atom. The van der Waals surface area contributed by atoms with Gasteiger partial charge in [0.1, 0.15) is 5.83 Å². The summed E-state index contributed by atoms with van der Waals surface area (Å²) in [5.41, 5.74) is 10.6. The summed E-state index contributed by atoms with van der Waals surface area (Å²) >= 11 is 0. The molecule has 0 amide bonds. The van der Waals surface area contributed by atoms with Crippen LogP contribution in [0.1, 0.15) is 26.2 Å². The highest BCUT2D eigenvalue weighted by molar-refractivity contribution is 6.06. The number of halogens is 4. The van der Waals surface area contributed by atoms with Crippen molar-refractivity contribution in [1.82, 2.24) is 10.9 Å². The van der Waals surface area contributed by atoms with Crippen LogP contribution in [0.2, 0.25) is 0 Å². The lowest BCUT2D eigenvalue weighted by Gasteiger charge is -2.24. The van der Waals surface area contributed by atoms with Crippen molar-refractivity contribution in [1.29, 1.82) is 0 Å². The molecular formula is C19H23F4N5. The van der Waals surface area contributed by atoms with Crippen molar-refractivity contribution in [2.45, 2.75) is 32.4 Å². The number of rotatable bonds is 3. The van der Waals surface area contributed by atoms with Gasteiger partial charge in [-0.15, -0.1) is 0 Å². The number of aliphatic imine (C=N–C) groups is 2. The Balaban J connectivity index is 2.54. The van der Waals surface area contributed by atoms with Crippen LogP contribution in [0, 0.1) is 0 Å². The van der Waals surface area contributed by atoms with Crippen molar-refractivity contribution in [3.8, 4) is 0 Å². The molecule has 0 radical (unpaired) electrons. The second-order valence-corrected chi connectivity index (χ2v) is 6.20. The fraction of sp³-hybridized carbons (Fsp3) is 0.368. The van der Waals surface area contributed by atoms with E-state index in [4.69, 9.17) is 5.73 Å². The van der Waals surface area contributed by atoms with Crippen LogP contribution in [0.3, 0.4) is 0 Å². The molecule has 0 aliphatic heterocycles. The largest absolute Gasteiger partial charge is 0.417 e. The Hall–Kier alpha value is -2.52. The van der Waals surface area contributed by atoms with Gasteiger partial charge < -0.3 is 5.73 Å². The predicted octanol–water partition coefficient (Wildman–Crippen LogP) is 3.76. The lowest BCUT2D eigenvalue weighted by atomic mass is 9.84. The Labute approximate surface area is 161 Å². The topological polar surface area (TPSA) is 74.8 Å². The molecule has 28 heavy (non-hydrogen) atoms. The van der Waals surface area contributed by atoms with Gasteiger partial charge in [0.2, 0.25) is 5.96 Å².